The molecule has 1 unspecified atom stereocenters. The molecule has 2 aromatic heterocycles. The second-order valence-corrected chi connectivity index (χ2v) is 5.52. The van der Waals surface area contributed by atoms with Crippen molar-refractivity contribution in [3.05, 3.63) is 47.4 Å². The van der Waals surface area contributed by atoms with Crippen LogP contribution in [0.5, 0.6) is 0 Å². The molecule has 0 aliphatic carbocycles. The minimum Gasteiger partial charge on any atom is -0.307 e. The van der Waals surface area contributed by atoms with Gasteiger partial charge in [0.05, 0.1) is 17.0 Å². The van der Waals surface area contributed by atoms with Crippen LogP contribution in [-0.2, 0) is 6.54 Å². The predicted molar refractivity (Wildman–Crippen MR) is 82.7 cm³/mol. The molecule has 0 N–H and O–H groups in total. The lowest BCUT2D eigenvalue weighted by atomic mass is 10.2. The summed E-state index contributed by atoms with van der Waals surface area (Å²) >= 11 is 5.97. The maximum Gasteiger partial charge on any atom is 0.160 e. The second-order valence-electron chi connectivity index (χ2n) is 5.08. The van der Waals surface area contributed by atoms with Crippen molar-refractivity contribution in [1.82, 2.24) is 14.5 Å². The van der Waals surface area contributed by atoms with Crippen LogP contribution >= 0.6 is 11.6 Å². The van der Waals surface area contributed by atoms with Crippen LogP contribution in [0, 0.1) is 23.1 Å². The van der Waals surface area contributed by atoms with E-state index in [2.05, 4.69) is 16.0 Å². The average Bonchev–Trinajstić information content (AvgIpc) is 2.85. The molecule has 0 saturated carbocycles. The van der Waals surface area contributed by atoms with Crippen molar-refractivity contribution in [2.24, 2.45) is 5.92 Å². The van der Waals surface area contributed by atoms with E-state index in [1.165, 1.54) is 12.1 Å². The molecule has 0 amide bonds. The molecule has 3 rings (SSSR count). The Bertz CT molecular complexity index is 864. The minimum atomic E-state index is -0.307. The largest absolute Gasteiger partial charge is 0.307 e. The number of rotatable bonds is 3. The molecule has 0 bridgehead atoms. The number of aromatic nitrogens is 3. The standard InChI is InChI=1S/C16H12ClFN4/c1-10(7-19)9-22-15(11-2-4-13(18)5-3-11)21-14-6-12(17)8-20-16(14)22/h2-6,8,10H,9H2,1H3. The monoisotopic (exact) mass is 314 g/mol. The van der Waals surface area contributed by atoms with E-state index in [-0.39, 0.29) is 11.7 Å². The second kappa shape index (κ2) is 5.74. The van der Waals surface area contributed by atoms with E-state index in [9.17, 15) is 4.39 Å². The Balaban J connectivity index is 2.21. The number of fused-ring (bicyclic) bond motifs is 1. The van der Waals surface area contributed by atoms with Crippen LogP contribution in [-0.4, -0.2) is 14.5 Å². The number of imidazole rings is 1. The molecule has 0 spiro atoms. The smallest absolute Gasteiger partial charge is 0.160 e. The Kier molecular flexibility index (Phi) is 3.78. The van der Waals surface area contributed by atoms with Crippen LogP contribution in [0.1, 0.15) is 6.92 Å². The number of nitrogens with zero attached hydrogens (tertiary/aromatic N) is 4. The van der Waals surface area contributed by atoms with Gasteiger partial charge in [0.1, 0.15) is 17.2 Å². The SMILES string of the molecule is CC(C#N)Cn1c(-c2ccc(F)cc2)nc2cc(Cl)cnc21. The van der Waals surface area contributed by atoms with Crippen molar-refractivity contribution in [2.75, 3.05) is 0 Å². The van der Waals surface area contributed by atoms with Crippen LogP contribution < -0.4 is 0 Å². The highest BCUT2D eigenvalue weighted by molar-refractivity contribution is 6.31. The number of nitriles is 1. The van der Waals surface area contributed by atoms with E-state index in [1.807, 2.05) is 11.5 Å². The molecular formula is C16H12ClFN4. The molecule has 0 aliphatic heterocycles. The maximum atomic E-state index is 13.1. The van der Waals surface area contributed by atoms with Crippen molar-refractivity contribution < 1.29 is 4.39 Å². The summed E-state index contributed by atoms with van der Waals surface area (Å²) in [5.41, 5.74) is 2.07. The quantitative estimate of drug-likeness (QED) is 0.733. The highest BCUT2D eigenvalue weighted by Gasteiger charge is 2.16. The zero-order chi connectivity index (χ0) is 15.7. The summed E-state index contributed by atoms with van der Waals surface area (Å²) in [5, 5.41) is 9.57. The zero-order valence-electron chi connectivity index (χ0n) is 11.8. The number of hydrogen-bond acceptors (Lipinski definition) is 3. The molecule has 1 atom stereocenters. The van der Waals surface area contributed by atoms with Gasteiger partial charge in [-0.05, 0) is 37.3 Å². The number of halogens is 2. The molecule has 0 aliphatic rings. The summed E-state index contributed by atoms with van der Waals surface area (Å²) < 4.78 is 15.0. The van der Waals surface area contributed by atoms with Crippen molar-refractivity contribution in [2.45, 2.75) is 13.5 Å². The molecule has 1 aromatic carbocycles. The van der Waals surface area contributed by atoms with Gasteiger partial charge in [0.2, 0.25) is 0 Å². The first-order valence-electron chi connectivity index (χ1n) is 6.76. The fourth-order valence-corrected chi connectivity index (χ4v) is 2.45. The fraction of sp³-hybridized carbons (Fsp3) is 0.188. The van der Waals surface area contributed by atoms with Gasteiger partial charge in [0, 0.05) is 18.3 Å². The van der Waals surface area contributed by atoms with Crippen LogP contribution in [0.3, 0.4) is 0 Å². The third-order valence-electron chi connectivity index (χ3n) is 3.33. The van der Waals surface area contributed by atoms with E-state index in [1.54, 1.807) is 24.4 Å². The van der Waals surface area contributed by atoms with Crippen molar-refractivity contribution in [3.8, 4) is 17.5 Å². The molecule has 0 fully saturated rings. The van der Waals surface area contributed by atoms with E-state index >= 15 is 0 Å². The maximum absolute atomic E-state index is 13.1. The lowest BCUT2D eigenvalue weighted by molar-refractivity contribution is 0.594. The molecule has 22 heavy (non-hydrogen) atoms. The van der Waals surface area contributed by atoms with Gasteiger partial charge < -0.3 is 4.57 Å². The Labute approximate surface area is 131 Å². The molecule has 6 heteroatoms. The van der Waals surface area contributed by atoms with E-state index in [0.717, 1.165) is 5.56 Å². The van der Waals surface area contributed by atoms with Crippen LogP contribution in [0.2, 0.25) is 5.02 Å². The summed E-state index contributed by atoms with van der Waals surface area (Å²) in [6.07, 6.45) is 1.55. The highest BCUT2D eigenvalue weighted by Crippen LogP contribution is 2.26. The highest BCUT2D eigenvalue weighted by atomic mass is 35.5. The third-order valence-corrected chi connectivity index (χ3v) is 3.54. The normalized spacial score (nSPS) is 12.3. The number of pyridine rings is 1. The van der Waals surface area contributed by atoms with E-state index < -0.39 is 0 Å². The van der Waals surface area contributed by atoms with Crippen LogP contribution in [0.25, 0.3) is 22.6 Å². The summed E-state index contributed by atoms with van der Waals surface area (Å²) in [6.45, 7) is 2.28. The zero-order valence-corrected chi connectivity index (χ0v) is 12.5. The van der Waals surface area contributed by atoms with Crippen molar-refractivity contribution in [1.29, 1.82) is 5.26 Å². The topological polar surface area (TPSA) is 54.5 Å². The van der Waals surface area contributed by atoms with Gasteiger partial charge in [-0.15, -0.1) is 0 Å². The molecule has 0 radical (unpaired) electrons. The van der Waals surface area contributed by atoms with Crippen molar-refractivity contribution >= 4 is 22.8 Å². The Morgan fingerprint density at radius 3 is 2.77 bits per heavy atom. The Morgan fingerprint density at radius 1 is 1.36 bits per heavy atom. The first kappa shape index (κ1) is 14.5. The third kappa shape index (κ3) is 2.66. The van der Waals surface area contributed by atoms with E-state index in [4.69, 9.17) is 16.9 Å². The molecular weight excluding hydrogens is 303 g/mol. The van der Waals surface area contributed by atoms with Crippen LogP contribution in [0.4, 0.5) is 4.39 Å². The fourth-order valence-electron chi connectivity index (χ4n) is 2.29. The summed E-state index contributed by atoms with van der Waals surface area (Å²) in [6, 6.07) is 10.0. The van der Waals surface area contributed by atoms with Crippen molar-refractivity contribution in [3.63, 3.8) is 0 Å². The summed E-state index contributed by atoms with van der Waals surface area (Å²) in [7, 11) is 0. The van der Waals surface area contributed by atoms with Gasteiger partial charge >= 0.3 is 0 Å². The Hall–Kier alpha value is -2.45. The lowest BCUT2D eigenvalue weighted by Gasteiger charge is -2.09. The van der Waals surface area contributed by atoms with E-state index in [0.29, 0.717) is 28.6 Å². The molecule has 0 saturated heterocycles. The van der Waals surface area contributed by atoms with Gasteiger partial charge in [0.25, 0.3) is 0 Å². The van der Waals surface area contributed by atoms with Crippen LogP contribution in [0.15, 0.2) is 36.5 Å². The summed E-state index contributed by atoms with van der Waals surface area (Å²) in [5.74, 6) is 0.138. The van der Waals surface area contributed by atoms with Gasteiger partial charge in [-0.3, -0.25) is 0 Å². The lowest BCUT2D eigenvalue weighted by Crippen LogP contribution is -2.08. The Morgan fingerprint density at radius 2 is 2.09 bits per heavy atom. The van der Waals surface area contributed by atoms with Gasteiger partial charge in [0.15, 0.2) is 5.65 Å². The molecule has 110 valence electrons. The van der Waals surface area contributed by atoms with Gasteiger partial charge in [-0.1, -0.05) is 11.6 Å². The molecule has 4 nitrogen and oxygen atoms in total. The van der Waals surface area contributed by atoms with Gasteiger partial charge in [-0.2, -0.15) is 5.26 Å². The number of benzene rings is 1. The number of hydrogen-bond donors (Lipinski definition) is 0. The van der Waals surface area contributed by atoms with Gasteiger partial charge in [-0.25, -0.2) is 14.4 Å². The molecule has 3 aromatic rings. The first-order chi connectivity index (χ1) is 10.6. The minimum absolute atomic E-state index is 0.200. The first-order valence-corrected chi connectivity index (χ1v) is 7.13. The average molecular weight is 315 g/mol. The predicted octanol–water partition coefficient (Wildman–Crippen LogP) is 4.05. The molecule has 2 heterocycles. The summed E-state index contributed by atoms with van der Waals surface area (Å²) in [4.78, 5) is 8.86.